The predicted molar refractivity (Wildman–Crippen MR) is 127 cm³/mol. The van der Waals surface area contributed by atoms with Crippen LogP contribution in [0.2, 0.25) is 0 Å². The summed E-state index contributed by atoms with van der Waals surface area (Å²) in [5.74, 6) is 2.68. The molecule has 29 heavy (non-hydrogen) atoms. The van der Waals surface area contributed by atoms with Crippen LogP contribution >= 0.6 is 24.0 Å². The van der Waals surface area contributed by atoms with Gasteiger partial charge in [-0.3, -0.25) is 4.99 Å². The average Bonchev–Trinajstić information content (AvgIpc) is 3.18. The van der Waals surface area contributed by atoms with Gasteiger partial charge in [-0.15, -0.1) is 24.0 Å². The molecule has 1 aliphatic carbocycles. The SMILES string of the molecule is CN=C(NCc1ccccc1OC)NC1CC2(CCCC2)Oc2ccccc21.I. The normalized spacial score (nSPS) is 19.7. The first-order valence-electron chi connectivity index (χ1n) is 10.1. The van der Waals surface area contributed by atoms with E-state index in [1.54, 1.807) is 7.11 Å². The van der Waals surface area contributed by atoms with E-state index in [9.17, 15) is 0 Å². The highest BCUT2D eigenvalue weighted by Crippen LogP contribution is 2.46. The van der Waals surface area contributed by atoms with Crippen molar-refractivity contribution in [2.24, 2.45) is 4.99 Å². The monoisotopic (exact) mass is 507 g/mol. The zero-order valence-electron chi connectivity index (χ0n) is 17.1. The van der Waals surface area contributed by atoms with Crippen LogP contribution in [0.5, 0.6) is 11.5 Å². The van der Waals surface area contributed by atoms with Crippen LogP contribution in [-0.4, -0.2) is 25.7 Å². The maximum Gasteiger partial charge on any atom is 0.191 e. The number of nitrogens with one attached hydrogen (secondary N) is 2. The third-order valence-electron chi connectivity index (χ3n) is 5.89. The standard InChI is InChI=1S/C23H29N3O2.HI/c1-24-22(25-16-17-9-3-5-11-20(17)27-2)26-19-15-23(13-7-8-14-23)28-21-12-6-4-10-18(19)21;/h3-6,9-12,19H,7-8,13-16H2,1-2H3,(H2,24,25,26);1H. The Morgan fingerprint density at radius 1 is 1.14 bits per heavy atom. The minimum Gasteiger partial charge on any atom is -0.496 e. The van der Waals surface area contributed by atoms with Crippen molar-refractivity contribution >= 4 is 29.9 Å². The molecule has 1 saturated carbocycles. The largest absolute Gasteiger partial charge is 0.496 e. The molecule has 0 amide bonds. The van der Waals surface area contributed by atoms with Crippen molar-refractivity contribution in [1.82, 2.24) is 10.6 Å². The van der Waals surface area contributed by atoms with Crippen molar-refractivity contribution < 1.29 is 9.47 Å². The van der Waals surface area contributed by atoms with Gasteiger partial charge in [0.2, 0.25) is 0 Å². The molecular formula is C23H30IN3O2. The molecule has 5 nitrogen and oxygen atoms in total. The number of fused-ring (bicyclic) bond motifs is 1. The molecule has 2 aliphatic rings. The molecule has 2 aromatic carbocycles. The van der Waals surface area contributed by atoms with Crippen LogP contribution in [-0.2, 0) is 6.54 Å². The van der Waals surface area contributed by atoms with Gasteiger partial charge in [-0.25, -0.2) is 0 Å². The fourth-order valence-electron chi connectivity index (χ4n) is 4.46. The average molecular weight is 507 g/mol. The summed E-state index contributed by atoms with van der Waals surface area (Å²) in [4.78, 5) is 4.45. The van der Waals surface area contributed by atoms with Gasteiger partial charge in [0, 0.05) is 31.1 Å². The van der Waals surface area contributed by atoms with E-state index < -0.39 is 0 Å². The highest BCUT2D eigenvalue weighted by molar-refractivity contribution is 14.0. The molecule has 0 bridgehead atoms. The number of rotatable bonds is 4. The molecule has 0 aromatic heterocycles. The Hall–Kier alpha value is -1.96. The minimum atomic E-state index is -0.0342. The lowest BCUT2D eigenvalue weighted by Gasteiger charge is -2.40. The lowest BCUT2D eigenvalue weighted by molar-refractivity contribution is 0.0396. The summed E-state index contributed by atoms with van der Waals surface area (Å²) in [5.41, 5.74) is 2.28. The molecule has 6 heteroatoms. The molecule has 2 aromatic rings. The molecule has 1 aliphatic heterocycles. The zero-order chi connectivity index (χ0) is 19.4. The minimum absolute atomic E-state index is 0. The lowest BCUT2D eigenvalue weighted by atomic mass is 9.86. The number of hydrogen-bond donors (Lipinski definition) is 2. The zero-order valence-corrected chi connectivity index (χ0v) is 19.4. The van der Waals surface area contributed by atoms with Gasteiger partial charge < -0.3 is 20.1 Å². The number of hydrogen-bond acceptors (Lipinski definition) is 3. The summed E-state index contributed by atoms with van der Waals surface area (Å²) in [6.07, 6.45) is 5.73. The fraction of sp³-hybridized carbons (Fsp3) is 0.435. The topological polar surface area (TPSA) is 54.9 Å². The Kier molecular flexibility index (Phi) is 7.27. The number of benzene rings is 2. The van der Waals surface area contributed by atoms with Gasteiger partial charge in [0.1, 0.15) is 17.1 Å². The van der Waals surface area contributed by atoms with Crippen molar-refractivity contribution in [3.63, 3.8) is 0 Å². The highest BCUT2D eigenvalue weighted by Gasteiger charge is 2.43. The lowest BCUT2D eigenvalue weighted by Crippen LogP contribution is -2.46. The Labute approximate surface area is 190 Å². The molecule has 1 fully saturated rings. The third-order valence-corrected chi connectivity index (χ3v) is 5.89. The van der Waals surface area contributed by atoms with E-state index in [-0.39, 0.29) is 35.6 Å². The van der Waals surface area contributed by atoms with Crippen molar-refractivity contribution in [2.75, 3.05) is 14.2 Å². The molecule has 2 N–H and O–H groups in total. The quantitative estimate of drug-likeness (QED) is 0.354. The molecule has 1 spiro atoms. The summed E-state index contributed by atoms with van der Waals surface area (Å²) >= 11 is 0. The summed E-state index contributed by atoms with van der Waals surface area (Å²) in [7, 11) is 3.51. The van der Waals surface area contributed by atoms with Gasteiger partial charge in [0.25, 0.3) is 0 Å². The smallest absolute Gasteiger partial charge is 0.191 e. The van der Waals surface area contributed by atoms with E-state index in [0.717, 1.165) is 42.3 Å². The number of aliphatic imine (C=N–C) groups is 1. The second-order valence-corrected chi connectivity index (χ2v) is 7.67. The maximum absolute atomic E-state index is 6.47. The summed E-state index contributed by atoms with van der Waals surface area (Å²) in [6.45, 7) is 0.652. The van der Waals surface area contributed by atoms with E-state index in [0.29, 0.717) is 6.54 Å². The van der Waals surface area contributed by atoms with Crippen molar-refractivity contribution in [3.05, 3.63) is 59.7 Å². The van der Waals surface area contributed by atoms with Crippen LogP contribution in [0.3, 0.4) is 0 Å². The van der Waals surface area contributed by atoms with Gasteiger partial charge in [-0.2, -0.15) is 0 Å². The number of methoxy groups -OCH3 is 1. The third kappa shape index (κ3) is 4.79. The second kappa shape index (κ2) is 9.69. The summed E-state index contributed by atoms with van der Waals surface area (Å²) in [6, 6.07) is 16.6. The van der Waals surface area contributed by atoms with Gasteiger partial charge in [0.15, 0.2) is 5.96 Å². The number of nitrogens with zero attached hydrogens (tertiary/aromatic N) is 1. The van der Waals surface area contributed by atoms with E-state index in [4.69, 9.17) is 9.47 Å². The van der Waals surface area contributed by atoms with Crippen molar-refractivity contribution in [2.45, 2.75) is 50.3 Å². The van der Waals surface area contributed by atoms with Crippen molar-refractivity contribution in [3.8, 4) is 11.5 Å². The van der Waals surface area contributed by atoms with Crippen LogP contribution < -0.4 is 20.1 Å². The Morgan fingerprint density at radius 2 is 1.86 bits per heavy atom. The summed E-state index contributed by atoms with van der Waals surface area (Å²) in [5, 5.41) is 7.07. The first kappa shape index (κ1) is 21.7. The van der Waals surface area contributed by atoms with Crippen LogP contribution in [0, 0.1) is 0 Å². The number of ether oxygens (including phenoxy) is 2. The fourth-order valence-corrected chi connectivity index (χ4v) is 4.46. The van der Waals surface area contributed by atoms with Crippen LogP contribution in [0.4, 0.5) is 0 Å². The highest BCUT2D eigenvalue weighted by atomic mass is 127. The van der Waals surface area contributed by atoms with E-state index in [1.807, 2.05) is 25.2 Å². The van der Waals surface area contributed by atoms with Gasteiger partial charge >= 0.3 is 0 Å². The Morgan fingerprint density at radius 3 is 2.62 bits per heavy atom. The van der Waals surface area contributed by atoms with Crippen LogP contribution in [0.15, 0.2) is 53.5 Å². The Balaban J connectivity index is 0.00000240. The van der Waals surface area contributed by atoms with E-state index in [1.165, 1.54) is 18.4 Å². The molecule has 0 radical (unpaired) electrons. The van der Waals surface area contributed by atoms with E-state index in [2.05, 4.69) is 46.0 Å². The molecule has 1 unspecified atom stereocenters. The van der Waals surface area contributed by atoms with Crippen LogP contribution in [0.25, 0.3) is 0 Å². The van der Waals surface area contributed by atoms with E-state index >= 15 is 0 Å². The number of halogens is 1. The first-order chi connectivity index (χ1) is 13.7. The molecular weight excluding hydrogens is 477 g/mol. The Bertz CT molecular complexity index is 850. The molecule has 1 atom stereocenters. The molecule has 4 rings (SSSR count). The number of guanidine groups is 1. The van der Waals surface area contributed by atoms with Crippen molar-refractivity contribution in [1.29, 1.82) is 0 Å². The summed E-state index contributed by atoms with van der Waals surface area (Å²) < 4.78 is 11.9. The predicted octanol–water partition coefficient (Wildman–Crippen LogP) is 4.81. The van der Waals surface area contributed by atoms with Gasteiger partial charge in [-0.1, -0.05) is 36.4 Å². The molecule has 1 heterocycles. The molecule has 156 valence electrons. The maximum atomic E-state index is 6.47. The first-order valence-corrected chi connectivity index (χ1v) is 10.1. The van der Waals surface area contributed by atoms with Crippen LogP contribution in [0.1, 0.15) is 49.3 Å². The van der Waals surface area contributed by atoms with Gasteiger partial charge in [-0.05, 0) is 37.8 Å². The second-order valence-electron chi connectivity index (χ2n) is 7.67. The van der Waals surface area contributed by atoms with Gasteiger partial charge in [0.05, 0.1) is 13.2 Å². The number of para-hydroxylation sites is 2. The molecule has 0 saturated heterocycles.